The van der Waals surface area contributed by atoms with Gasteiger partial charge in [0.15, 0.2) is 0 Å². The molecule has 2 rings (SSSR count). The van der Waals surface area contributed by atoms with E-state index in [0.29, 0.717) is 24.4 Å². The van der Waals surface area contributed by atoms with Crippen molar-refractivity contribution in [1.29, 1.82) is 0 Å². The van der Waals surface area contributed by atoms with Crippen molar-refractivity contribution < 1.29 is 4.79 Å². The molecule has 21 heavy (non-hydrogen) atoms. The number of amides is 1. The first kappa shape index (κ1) is 15.2. The van der Waals surface area contributed by atoms with E-state index in [9.17, 15) is 9.59 Å². The fourth-order valence-electron chi connectivity index (χ4n) is 1.67. The lowest BCUT2D eigenvalue weighted by atomic mass is 10.4. The molecule has 1 N–H and O–H groups in total. The molecule has 0 atom stereocenters. The zero-order valence-electron chi connectivity index (χ0n) is 11.7. The van der Waals surface area contributed by atoms with E-state index in [2.05, 4.69) is 15.3 Å². The van der Waals surface area contributed by atoms with Gasteiger partial charge in [-0.15, -0.1) is 11.8 Å². The lowest BCUT2D eigenvalue weighted by molar-refractivity contribution is -0.118. The zero-order valence-corrected chi connectivity index (χ0v) is 12.5. The molecule has 0 aliphatic heterocycles. The molecule has 2 heterocycles. The summed E-state index contributed by atoms with van der Waals surface area (Å²) in [4.78, 5) is 32.3. The van der Waals surface area contributed by atoms with Crippen LogP contribution in [-0.4, -0.2) is 32.7 Å². The normalized spacial score (nSPS) is 10.3. The van der Waals surface area contributed by atoms with E-state index in [1.165, 1.54) is 28.9 Å². The van der Waals surface area contributed by atoms with Crippen molar-refractivity contribution in [2.75, 3.05) is 12.3 Å². The number of carbonyl (C=O) groups is 1. The van der Waals surface area contributed by atoms with E-state index in [0.717, 1.165) is 4.90 Å². The molecule has 2 aromatic rings. The van der Waals surface area contributed by atoms with Gasteiger partial charge in [-0.25, -0.2) is 4.98 Å². The van der Waals surface area contributed by atoms with E-state index in [-0.39, 0.29) is 11.5 Å². The van der Waals surface area contributed by atoms with Gasteiger partial charge in [0.1, 0.15) is 0 Å². The van der Waals surface area contributed by atoms with Crippen molar-refractivity contribution in [3.8, 4) is 0 Å². The van der Waals surface area contributed by atoms with Gasteiger partial charge in [-0.1, -0.05) is 0 Å². The Morgan fingerprint density at radius 3 is 2.86 bits per heavy atom. The minimum atomic E-state index is -0.0783. The van der Waals surface area contributed by atoms with Crippen LogP contribution in [0, 0.1) is 6.92 Å². The maximum atomic E-state index is 11.8. The first-order chi connectivity index (χ1) is 10.2. The lowest BCUT2D eigenvalue weighted by Gasteiger charge is -2.07. The Bertz CT molecular complexity index is 658. The van der Waals surface area contributed by atoms with Gasteiger partial charge in [0.25, 0.3) is 5.56 Å². The molecule has 0 radical (unpaired) electrons. The number of aryl methyl sites for hydroxylation is 1. The van der Waals surface area contributed by atoms with Gasteiger partial charge in [0.05, 0.1) is 12.1 Å². The van der Waals surface area contributed by atoms with Crippen molar-refractivity contribution in [2.24, 2.45) is 0 Å². The molecule has 0 saturated heterocycles. The smallest absolute Gasteiger partial charge is 0.256 e. The Balaban J connectivity index is 1.74. The molecule has 7 heteroatoms. The average Bonchev–Trinajstić information content (AvgIpc) is 2.50. The van der Waals surface area contributed by atoms with Crippen LogP contribution in [0.15, 0.2) is 46.7 Å². The van der Waals surface area contributed by atoms with Gasteiger partial charge >= 0.3 is 0 Å². The molecule has 110 valence electrons. The number of aromatic nitrogens is 3. The topological polar surface area (TPSA) is 76.9 Å². The molecule has 0 bridgehead atoms. The summed E-state index contributed by atoms with van der Waals surface area (Å²) in [6.07, 6.45) is 6.39. The number of hydrogen-bond donors (Lipinski definition) is 1. The van der Waals surface area contributed by atoms with Crippen LogP contribution < -0.4 is 10.9 Å². The largest absolute Gasteiger partial charge is 0.354 e. The van der Waals surface area contributed by atoms with Crippen molar-refractivity contribution in [2.45, 2.75) is 18.4 Å². The summed E-state index contributed by atoms with van der Waals surface area (Å²) in [5.41, 5.74) is 0.516. The van der Waals surface area contributed by atoms with Crippen LogP contribution in [-0.2, 0) is 11.3 Å². The predicted molar refractivity (Wildman–Crippen MR) is 81.2 cm³/mol. The molecule has 0 aliphatic rings. The van der Waals surface area contributed by atoms with Gasteiger partial charge in [-0.3, -0.25) is 19.1 Å². The highest BCUT2D eigenvalue weighted by atomic mass is 32.2. The summed E-state index contributed by atoms with van der Waals surface area (Å²) < 4.78 is 1.49. The van der Waals surface area contributed by atoms with Crippen LogP contribution in [0.2, 0.25) is 0 Å². The minimum absolute atomic E-state index is 0.0644. The maximum absolute atomic E-state index is 11.8. The number of carbonyl (C=O) groups excluding carboxylic acids is 1. The highest BCUT2D eigenvalue weighted by Gasteiger charge is 2.03. The highest BCUT2D eigenvalue weighted by Crippen LogP contribution is 2.15. The van der Waals surface area contributed by atoms with Crippen molar-refractivity contribution >= 4 is 17.7 Å². The Labute approximate surface area is 126 Å². The molecule has 0 unspecified atom stereocenters. The summed E-state index contributed by atoms with van der Waals surface area (Å²) in [6.45, 7) is 2.54. The third-order valence-electron chi connectivity index (χ3n) is 2.77. The van der Waals surface area contributed by atoms with Gasteiger partial charge in [-0.2, -0.15) is 0 Å². The quantitative estimate of drug-likeness (QED) is 0.801. The Morgan fingerprint density at radius 2 is 2.10 bits per heavy atom. The second kappa shape index (κ2) is 7.58. The van der Waals surface area contributed by atoms with Crippen molar-refractivity contribution in [3.63, 3.8) is 0 Å². The first-order valence-electron chi connectivity index (χ1n) is 6.47. The third-order valence-corrected chi connectivity index (χ3v) is 3.78. The second-order valence-electron chi connectivity index (χ2n) is 4.40. The van der Waals surface area contributed by atoms with E-state index in [1.54, 1.807) is 19.3 Å². The van der Waals surface area contributed by atoms with Crippen LogP contribution in [0.5, 0.6) is 0 Å². The SMILES string of the molecule is Cc1cncn(CCNC(=O)CSc2ccncc2)c1=O. The Kier molecular flexibility index (Phi) is 5.51. The lowest BCUT2D eigenvalue weighted by Crippen LogP contribution is -2.32. The Morgan fingerprint density at radius 1 is 1.33 bits per heavy atom. The number of pyridine rings is 1. The predicted octanol–water partition coefficient (Wildman–Crippen LogP) is 0.855. The van der Waals surface area contributed by atoms with Gasteiger partial charge in [0, 0.05) is 42.1 Å². The summed E-state index contributed by atoms with van der Waals surface area (Å²) in [6, 6.07) is 3.71. The number of nitrogens with zero attached hydrogens (tertiary/aromatic N) is 3. The molecule has 6 nitrogen and oxygen atoms in total. The maximum Gasteiger partial charge on any atom is 0.256 e. The first-order valence-corrected chi connectivity index (χ1v) is 7.46. The fraction of sp³-hybridized carbons (Fsp3) is 0.286. The standard InChI is InChI=1S/C14H16N4O2S/c1-11-8-16-10-18(14(11)20)7-6-17-13(19)9-21-12-2-4-15-5-3-12/h2-5,8,10H,6-7,9H2,1H3,(H,17,19). The van der Waals surface area contributed by atoms with Crippen molar-refractivity contribution in [1.82, 2.24) is 19.9 Å². The average molecular weight is 304 g/mol. The highest BCUT2D eigenvalue weighted by molar-refractivity contribution is 8.00. The molecular weight excluding hydrogens is 288 g/mol. The van der Waals surface area contributed by atoms with E-state index in [4.69, 9.17) is 0 Å². The monoisotopic (exact) mass is 304 g/mol. The van der Waals surface area contributed by atoms with Crippen LogP contribution in [0.25, 0.3) is 0 Å². The van der Waals surface area contributed by atoms with E-state index in [1.807, 2.05) is 12.1 Å². The minimum Gasteiger partial charge on any atom is -0.354 e. The second-order valence-corrected chi connectivity index (χ2v) is 5.45. The molecule has 0 aliphatic carbocycles. The molecule has 0 spiro atoms. The molecule has 1 amide bonds. The third kappa shape index (κ3) is 4.71. The number of rotatable bonds is 6. The molecular formula is C14H16N4O2S. The molecule has 0 aromatic carbocycles. The number of nitrogens with one attached hydrogen (secondary N) is 1. The summed E-state index contributed by atoms with van der Waals surface area (Å²) in [5.74, 6) is 0.274. The van der Waals surface area contributed by atoms with Gasteiger partial charge < -0.3 is 5.32 Å². The van der Waals surface area contributed by atoms with Crippen LogP contribution in [0.1, 0.15) is 5.56 Å². The van der Waals surface area contributed by atoms with Crippen LogP contribution >= 0.6 is 11.8 Å². The van der Waals surface area contributed by atoms with Gasteiger partial charge in [0.2, 0.25) is 5.91 Å². The molecule has 2 aromatic heterocycles. The molecule has 0 saturated carbocycles. The zero-order chi connectivity index (χ0) is 15.1. The summed E-state index contributed by atoms with van der Waals surface area (Å²) in [5, 5.41) is 2.79. The van der Waals surface area contributed by atoms with Crippen LogP contribution in [0.3, 0.4) is 0 Å². The summed E-state index contributed by atoms with van der Waals surface area (Å²) in [7, 11) is 0. The van der Waals surface area contributed by atoms with E-state index >= 15 is 0 Å². The molecule has 0 fully saturated rings. The van der Waals surface area contributed by atoms with Crippen molar-refractivity contribution in [3.05, 3.63) is 53.0 Å². The van der Waals surface area contributed by atoms with Gasteiger partial charge in [-0.05, 0) is 19.1 Å². The number of thioether (sulfide) groups is 1. The van der Waals surface area contributed by atoms with E-state index < -0.39 is 0 Å². The van der Waals surface area contributed by atoms with Crippen LogP contribution in [0.4, 0.5) is 0 Å². The Hall–Kier alpha value is -2.15. The summed E-state index contributed by atoms with van der Waals surface area (Å²) >= 11 is 1.45. The fourth-order valence-corrected chi connectivity index (χ4v) is 2.38. The number of hydrogen-bond acceptors (Lipinski definition) is 5.